The van der Waals surface area contributed by atoms with E-state index < -0.39 is 14.0 Å². The molecule has 9 heteroatoms. The van der Waals surface area contributed by atoms with Crippen LogP contribution in [0.2, 0.25) is 25.7 Å². The van der Waals surface area contributed by atoms with Crippen LogP contribution >= 0.6 is 0 Å². The van der Waals surface area contributed by atoms with Crippen molar-refractivity contribution < 1.29 is 23.7 Å². The molecule has 2 aromatic rings. The predicted octanol–water partition coefficient (Wildman–Crippen LogP) is 4.09. The fraction of sp³-hybridized carbons (Fsp3) is 0.435. The third-order valence-electron chi connectivity index (χ3n) is 4.38. The van der Waals surface area contributed by atoms with Crippen LogP contribution < -0.4 is 13.9 Å². The first-order chi connectivity index (χ1) is 15.3. The van der Waals surface area contributed by atoms with Gasteiger partial charge in [0.25, 0.3) is 0 Å². The molecule has 0 heterocycles. The molecular weight excluding hydrogens is 491 g/mol. The topological polar surface area (TPSA) is 88.6 Å². The first-order valence-corrected chi connectivity index (χ1v) is 16.2. The van der Waals surface area contributed by atoms with Crippen molar-refractivity contribution >= 4 is 33.5 Å². The van der Waals surface area contributed by atoms with Gasteiger partial charge in [0.15, 0.2) is 0 Å². The van der Waals surface area contributed by atoms with Gasteiger partial charge in [-0.1, -0.05) is 0 Å². The third kappa shape index (κ3) is 9.12. The SMILES string of the molecule is COCOc1cc(OCCN=[N-])cc(C[Se]c2ccccc2)c1C(=O)OCC[Si](C)(C)C. The van der Waals surface area contributed by atoms with Gasteiger partial charge in [-0.2, -0.15) is 0 Å². The number of benzene rings is 2. The van der Waals surface area contributed by atoms with E-state index in [1.54, 1.807) is 6.07 Å². The molecule has 0 amide bonds. The van der Waals surface area contributed by atoms with E-state index in [-0.39, 0.29) is 34.9 Å². The number of nitrogens with zero attached hydrogens (tertiary/aromatic N) is 2. The zero-order chi connectivity index (χ0) is 23.4. The second kappa shape index (κ2) is 13.4. The van der Waals surface area contributed by atoms with Gasteiger partial charge in [0, 0.05) is 0 Å². The van der Waals surface area contributed by atoms with E-state index >= 15 is 0 Å². The summed E-state index contributed by atoms with van der Waals surface area (Å²) in [5.74, 6) is 0.504. The van der Waals surface area contributed by atoms with Crippen molar-refractivity contribution in [3.63, 3.8) is 0 Å². The van der Waals surface area contributed by atoms with Gasteiger partial charge in [0.05, 0.1) is 0 Å². The molecule has 174 valence electrons. The van der Waals surface area contributed by atoms with Crippen molar-refractivity contribution in [3.8, 4) is 11.5 Å². The van der Waals surface area contributed by atoms with Gasteiger partial charge in [-0.05, 0) is 0 Å². The molecule has 0 bridgehead atoms. The summed E-state index contributed by atoms with van der Waals surface area (Å²) in [7, 11) is 0.188. The molecule has 32 heavy (non-hydrogen) atoms. The summed E-state index contributed by atoms with van der Waals surface area (Å²) in [4.78, 5) is 13.1. The fourth-order valence-corrected chi connectivity index (χ4v) is 5.32. The molecular formula is C23H31N2O5SeSi-. The van der Waals surface area contributed by atoms with Crippen LogP contribution in [0.5, 0.6) is 11.5 Å². The quantitative estimate of drug-likeness (QED) is 0.123. The summed E-state index contributed by atoms with van der Waals surface area (Å²) in [5, 5.41) is 3.74. The molecule has 0 aliphatic heterocycles. The maximum absolute atomic E-state index is 13.1. The molecule has 0 aliphatic rings. The van der Waals surface area contributed by atoms with Gasteiger partial charge in [-0.3, -0.25) is 0 Å². The Morgan fingerprint density at radius 3 is 2.50 bits per heavy atom. The number of methoxy groups -OCH3 is 1. The number of carbonyl (C=O) groups excluding carboxylic acids is 1. The normalized spacial score (nSPS) is 11.1. The minimum absolute atomic E-state index is 0.00607. The number of hydrogen-bond acceptors (Lipinski definition) is 6. The van der Waals surface area contributed by atoms with Crippen LogP contribution in [0.1, 0.15) is 15.9 Å². The van der Waals surface area contributed by atoms with Gasteiger partial charge < -0.3 is 0 Å². The van der Waals surface area contributed by atoms with Crippen LogP contribution in [-0.4, -0.2) is 62.7 Å². The number of ether oxygens (including phenoxy) is 4. The molecule has 0 spiro atoms. The fourth-order valence-electron chi connectivity index (χ4n) is 2.71. The molecule has 0 saturated carbocycles. The van der Waals surface area contributed by atoms with E-state index in [9.17, 15) is 4.79 Å². The van der Waals surface area contributed by atoms with Crippen LogP contribution in [-0.2, 0) is 14.8 Å². The van der Waals surface area contributed by atoms with E-state index in [1.165, 1.54) is 11.6 Å². The Bertz CT molecular complexity index is 875. The number of esters is 1. The summed E-state index contributed by atoms with van der Waals surface area (Å²) < 4.78 is 23.4. The van der Waals surface area contributed by atoms with E-state index in [4.69, 9.17) is 24.5 Å². The van der Waals surface area contributed by atoms with Crippen molar-refractivity contribution in [3.05, 3.63) is 59.1 Å². The Labute approximate surface area is 197 Å². The van der Waals surface area contributed by atoms with Gasteiger partial charge in [-0.15, -0.1) is 0 Å². The number of carbonyl (C=O) groups is 1. The Kier molecular flexibility index (Phi) is 10.9. The zero-order valence-corrected chi connectivity index (χ0v) is 21.8. The van der Waals surface area contributed by atoms with Gasteiger partial charge in [0.1, 0.15) is 0 Å². The monoisotopic (exact) mass is 523 g/mol. The summed E-state index contributed by atoms with van der Waals surface area (Å²) in [5.41, 5.74) is 9.90. The third-order valence-corrected chi connectivity index (χ3v) is 8.31. The first kappa shape index (κ1) is 26.1. The Hall–Kier alpha value is -2.19. The number of hydrogen-bond donors (Lipinski definition) is 0. The van der Waals surface area contributed by atoms with Crippen LogP contribution in [0.4, 0.5) is 0 Å². The van der Waals surface area contributed by atoms with Crippen molar-refractivity contribution in [1.29, 1.82) is 0 Å². The average Bonchev–Trinajstić information content (AvgIpc) is 2.76. The van der Waals surface area contributed by atoms with Crippen molar-refractivity contribution in [1.82, 2.24) is 0 Å². The van der Waals surface area contributed by atoms with E-state index in [1.807, 2.05) is 24.3 Å². The second-order valence-electron chi connectivity index (χ2n) is 8.27. The van der Waals surface area contributed by atoms with Crippen LogP contribution in [0.3, 0.4) is 0 Å². The Morgan fingerprint density at radius 2 is 1.84 bits per heavy atom. The van der Waals surface area contributed by atoms with Gasteiger partial charge in [-0.25, -0.2) is 0 Å². The summed E-state index contributed by atoms with van der Waals surface area (Å²) in [6, 6.07) is 14.6. The maximum atomic E-state index is 13.1. The summed E-state index contributed by atoms with van der Waals surface area (Å²) in [6.45, 7) is 7.47. The summed E-state index contributed by atoms with van der Waals surface area (Å²) in [6.07, 6.45) is 0. The van der Waals surface area contributed by atoms with Gasteiger partial charge >= 0.3 is 198 Å². The molecule has 0 atom stereocenters. The molecule has 0 N–H and O–H groups in total. The Morgan fingerprint density at radius 1 is 1.09 bits per heavy atom. The molecule has 0 saturated heterocycles. The molecule has 0 unspecified atom stereocenters. The van der Waals surface area contributed by atoms with Gasteiger partial charge in [0.2, 0.25) is 0 Å². The molecule has 0 fully saturated rings. The molecule has 0 radical (unpaired) electrons. The zero-order valence-electron chi connectivity index (χ0n) is 19.1. The van der Waals surface area contributed by atoms with Crippen LogP contribution in [0, 0.1) is 0 Å². The molecule has 0 aromatic heterocycles. The first-order valence-electron chi connectivity index (χ1n) is 10.4. The van der Waals surface area contributed by atoms with Crippen LogP contribution in [0.25, 0.3) is 5.53 Å². The molecule has 7 nitrogen and oxygen atoms in total. The average molecular weight is 523 g/mol. The van der Waals surface area contributed by atoms with Crippen molar-refractivity contribution in [2.75, 3.05) is 33.7 Å². The van der Waals surface area contributed by atoms with Crippen LogP contribution in [0.15, 0.2) is 47.6 Å². The Balaban J connectivity index is 2.34. The molecule has 2 rings (SSSR count). The predicted molar refractivity (Wildman–Crippen MR) is 129 cm³/mol. The second-order valence-corrected chi connectivity index (χ2v) is 16.1. The van der Waals surface area contributed by atoms with E-state index in [2.05, 4.69) is 36.9 Å². The molecule has 0 aliphatic carbocycles. The molecule has 2 aromatic carbocycles. The standard InChI is InChI=1S/C23H31N2O5SeSi/c1-27-17-30-21-15-19(28-11-10-25-24)14-18(16-31-20-8-6-5-7-9-20)22(21)23(26)29-12-13-32(2,3)4/h5-9,14-15H,10-13,16-17H2,1-4H3/q-1. The van der Waals surface area contributed by atoms with Crippen molar-refractivity contribution in [2.24, 2.45) is 5.11 Å². The van der Waals surface area contributed by atoms with E-state index in [0.717, 1.165) is 11.6 Å². The number of rotatable bonds is 14. The van der Waals surface area contributed by atoms with E-state index in [0.29, 0.717) is 29.0 Å². The van der Waals surface area contributed by atoms with Crippen molar-refractivity contribution in [2.45, 2.75) is 31.0 Å². The minimum atomic E-state index is -1.33. The summed E-state index contributed by atoms with van der Waals surface area (Å²) >= 11 is 0.103.